The Morgan fingerprint density at radius 3 is 2.94 bits per heavy atom. The van der Waals surface area contributed by atoms with Crippen molar-refractivity contribution in [1.82, 2.24) is 4.90 Å². The predicted molar refractivity (Wildman–Crippen MR) is 64.2 cm³/mol. The normalized spacial score (nSPS) is 20.4. The fourth-order valence-corrected chi connectivity index (χ4v) is 2.07. The molecule has 1 saturated heterocycles. The Bertz CT molecular complexity index is 431. The summed E-state index contributed by atoms with van der Waals surface area (Å²) in [6.45, 7) is 5.61. The number of phenolic OH excluding ortho intramolecular Hbond substituents is 1. The second-order valence-corrected chi connectivity index (χ2v) is 4.42. The zero-order valence-electron chi connectivity index (χ0n) is 10.1. The highest BCUT2D eigenvalue weighted by Gasteiger charge is 2.25. The van der Waals surface area contributed by atoms with Gasteiger partial charge in [-0.3, -0.25) is 4.79 Å². The zero-order chi connectivity index (χ0) is 12.4. The lowest BCUT2D eigenvalue weighted by atomic mass is 10.1. The number of ether oxygens (including phenoxy) is 1. The first-order chi connectivity index (χ1) is 8.09. The molecule has 1 aromatic carbocycles. The maximum atomic E-state index is 12.3. The van der Waals surface area contributed by atoms with Crippen LogP contribution in [0.25, 0.3) is 0 Å². The lowest BCUT2D eigenvalue weighted by Gasteiger charge is -2.33. The van der Waals surface area contributed by atoms with E-state index in [4.69, 9.17) is 4.74 Å². The third-order valence-electron chi connectivity index (χ3n) is 3.07. The summed E-state index contributed by atoms with van der Waals surface area (Å²) in [6, 6.07) is 4.93. The highest BCUT2D eigenvalue weighted by atomic mass is 16.5. The monoisotopic (exact) mass is 235 g/mol. The average Bonchev–Trinajstić information content (AvgIpc) is 2.29. The largest absolute Gasteiger partial charge is 0.508 e. The van der Waals surface area contributed by atoms with Gasteiger partial charge in [0.25, 0.3) is 5.91 Å². The minimum Gasteiger partial charge on any atom is -0.508 e. The highest BCUT2D eigenvalue weighted by molar-refractivity contribution is 5.96. The second-order valence-electron chi connectivity index (χ2n) is 4.42. The van der Waals surface area contributed by atoms with Gasteiger partial charge in [-0.25, -0.2) is 0 Å². The molecule has 17 heavy (non-hydrogen) atoms. The van der Waals surface area contributed by atoms with Crippen molar-refractivity contribution in [3.63, 3.8) is 0 Å². The van der Waals surface area contributed by atoms with E-state index in [1.54, 1.807) is 18.2 Å². The summed E-state index contributed by atoms with van der Waals surface area (Å²) < 4.78 is 5.31. The lowest BCUT2D eigenvalue weighted by Crippen LogP contribution is -2.47. The molecule has 4 nitrogen and oxygen atoms in total. The fraction of sp³-hybridized carbons (Fsp3) is 0.462. The van der Waals surface area contributed by atoms with Crippen LogP contribution in [0.2, 0.25) is 0 Å². The van der Waals surface area contributed by atoms with Crippen LogP contribution in [0.1, 0.15) is 22.8 Å². The summed E-state index contributed by atoms with van der Waals surface area (Å²) in [4.78, 5) is 14.2. The average molecular weight is 235 g/mol. The van der Waals surface area contributed by atoms with Gasteiger partial charge in [0.1, 0.15) is 5.75 Å². The lowest BCUT2D eigenvalue weighted by molar-refractivity contribution is 0.00355. The Morgan fingerprint density at radius 1 is 1.53 bits per heavy atom. The SMILES string of the molecule is Cc1cc(O)ccc1C(=O)N1CCOCC1C. The first-order valence-electron chi connectivity index (χ1n) is 5.78. The summed E-state index contributed by atoms with van der Waals surface area (Å²) in [5.74, 6) is 0.201. The minimum atomic E-state index is 0.0123. The summed E-state index contributed by atoms with van der Waals surface area (Å²) in [5.41, 5.74) is 1.45. The van der Waals surface area contributed by atoms with Gasteiger partial charge in [0.2, 0.25) is 0 Å². The van der Waals surface area contributed by atoms with Gasteiger partial charge < -0.3 is 14.7 Å². The number of phenols is 1. The number of carbonyl (C=O) groups excluding carboxylic acids is 1. The number of hydrogen-bond acceptors (Lipinski definition) is 3. The van der Waals surface area contributed by atoms with Crippen LogP contribution in [-0.4, -0.2) is 41.7 Å². The number of benzene rings is 1. The Hall–Kier alpha value is -1.55. The van der Waals surface area contributed by atoms with E-state index in [2.05, 4.69) is 0 Å². The molecule has 1 unspecified atom stereocenters. The molecule has 0 saturated carbocycles. The van der Waals surface area contributed by atoms with Crippen LogP contribution in [0.3, 0.4) is 0 Å². The molecular formula is C13H17NO3. The molecule has 0 aromatic heterocycles. The van der Waals surface area contributed by atoms with E-state index in [-0.39, 0.29) is 17.7 Å². The first kappa shape index (κ1) is 11.9. The van der Waals surface area contributed by atoms with E-state index < -0.39 is 0 Å². The fourth-order valence-electron chi connectivity index (χ4n) is 2.07. The van der Waals surface area contributed by atoms with Gasteiger partial charge >= 0.3 is 0 Å². The molecule has 1 N–H and O–H groups in total. The number of hydrogen-bond donors (Lipinski definition) is 1. The van der Waals surface area contributed by atoms with Crippen LogP contribution in [0, 0.1) is 6.92 Å². The summed E-state index contributed by atoms with van der Waals surface area (Å²) in [5, 5.41) is 9.34. The molecule has 0 spiro atoms. The van der Waals surface area contributed by atoms with Crippen molar-refractivity contribution in [3.8, 4) is 5.75 Å². The molecule has 92 valence electrons. The van der Waals surface area contributed by atoms with Crippen LogP contribution >= 0.6 is 0 Å². The molecule has 1 atom stereocenters. The maximum absolute atomic E-state index is 12.3. The number of morpholine rings is 1. The van der Waals surface area contributed by atoms with Gasteiger partial charge in [-0.15, -0.1) is 0 Å². The number of amides is 1. The number of aromatic hydroxyl groups is 1. The topological polar surface area (TPSA) is 49.8 Å². The quantitative estimate of drug-likeness (QED) is 0.803. The Balaban J connectivity index is 2.24. The van der Waals surface area contributed by atoms with Crippen LogP contribution < -0.4 is 0 Å². The van der Waals surface area contributed by atoms with Gasteiger partial charge in [-0.1, -0.05) is 0 Å². The standard InChI is InChI=1S/C13H17NO3/c1-9-7-11(15)3-4-12(9)13(16)14-5-6-17-8-10(14)2/h3-4,7,10,15H,5-6,8H2,1-2H3. The second kappa shape index (κ2) is 4.75. The third-order valence-corrected chi connectivity index (χ3v) is 3.07. The molecule has 1 amide bonds. The molecule has 0 bridgehead atoms. The van der Waals surface area contributed by atoms with E-state index in [0.717, 1.165) is 5.56 Å². The number of nitrogens with zero attached hydrogens (tertiary/aromatic N) is 1. The van der Waals surface area contributed by atoms with E-state index in [1.807, 2.05) is 18.7 Å². The Labute approximate surface area is 101 Å². The highest BCUT2D eigenvalue weighted by Crippen LogP contribution is 2.19. The van der Waals surface area contributed by atoms with Crippen molar-refractivity contribution in [2.24, 2.45) is 0 Å². The smallest absolute Gasteiger partial charge is 0.254 e. The molecular weight excluding hydrogens is 218 g/mol. The molecule has 2 rings (SSSR count). The van der Waals surface area contributed by atoms with E-state index in [9.17, 15) is 9.90 Å². The third kappa shape index (κ3) is 2.42. The van der Waals surface area contributed by atoms with Crippen LogP contribution in [0.4, 0.5) is 0 Å². The molecule has 1 aliphatic heterocycles. The Kier molecular flexibility index (Phi) is 3.33. The molecule has 4 heteroatoms. The van der Waals surface area contributed by atoms with E-state index >= 15 is 0 Å². The van der Waals surface area contributed by atoms with Crippen molar-refractivity contribution in [2.45, 2.75) is 19.9 Å². The van der Waals surface area contributed by atoms with Crippen molar-refractivity contribution in [3.05, 3.63) is 29.3 Å². The van der Waals surface area contributed by atoms with Gasteiger partial charge in [-0.2, -0.15) is 0 Å². The number of rotatable bonds is 1. The van der Waals surface area contributed by atoms with Crippen molar-refractivity contribution < 1.29 is 14.6 Å². The Morgan fingerprint density at radius 2 is 2.29 bits per heavy atom. The predicted octanol–water partition coefficient (Wildman–Crippen LogP) is 1.56. The van der Waals surface area contributed by atoms with Crippen molar-refractivity contribution >= 4 is 5.91 Å². The summed E-state index contributed by atoms with van der Waals surface area (Å²) in [7, 11) is 0. The van der Waals surface area contributed by atoms with Gasteiger partial charge in [-0.05, 0) is 37.6 Å². The molecule has 1 aromatic rings. The summed E-state index contributed by atoms with van der Waals surface area (Å²) in [6.07, 6.45) is 0. The molecule has 1 aliphatic rings. The van der Waals surface area contributed by atoms with Gasteiger partial charge in [0.05, 0.1) is 19.3 Å². The minimum absolute atomic E-state index is 0.0123. The van der Waals surface area contributed by atoms with Crippen LogP contribution in [0.15, 0.2) is 18.2 Å². The van der Waals surface area contributed by atoms with Crippen molar-refractivity contribution in [2.75, 3.05) is 19.8 Å². The van der Waals surface area contributed by atoms with E-state index in [1.165, 1.54) is 0 Å². The zero-order valence-corrected chi connectivity index (χ0v) is 10.1. The number of aryl methyl sites for hydroxylation is 1. The molecule has 0 radical (unpaired) electrons. The van der Waals surface area contributed by atoms with Gasteiger partial charge in [0, 0.05) is 12.1 Å². The maximum Gasteiger partial charge on any atom is 0.254 e. The van der Waals surface area contributed by atoms with Crippen molar-refractivity contribution in [1.29, 1.82) is 0 Å². The van der Waals surface area contributed by atoms with E-state index in [0.29, 0.717) is 25.3 Å². The van der Waals surface area contributed by atoms with Crippen LogP contribution in [0.5, 0.6) is 5.75 Å². The van der Waals surface area contributed by atoms with Gasteiger partial charge in [0.15, 0.2) is 0 Å². The summed E-state index contributed by atoms with van der Waals surface area (Å²) >= 11 is 0. The molecule has 0 aliphatic carbocycles. The number of carbonyl (C=O) groups is 1. The first-order valence-corrected chi connectivity index (χ1v) is 5.78. The molecule has 1 heterocycles. The molecule has 1 fully saturated rings. The van der Waals surface area contributed by atoms with Crippen LogP contribution in [-0.2, 0) is 4.74 Å².